The van der Waals surface area contributed by atoms with Crippen molar-refractivity contribution in [1.29, 1.82) is 0 Å². The zero-order valence-electron chi connectivity index (χ0n) is 11.3. The second kappa shape index (κ2) is 5.52. The van der Waals surface area contributed by atoms with Gasteiger partial charge in [-0.3, -0.25) is 0 Å². The Kier molecular flexibility index (Phi) is 3.76. The Balaban J connectivity index is 1.84. The number of nitrogens with one attached hydrogen (secondary N) is 1. The number of methoxy groups -OCH3 is 1. The van der Waals surface area contributed by atoms with Crippen LogP contribution < -0.4 is 5.32 Å². The molecule has 1 aliphatic heterocycles. The summed E-state index contributed by atoms with van der Waals surface area (Å²) >= 11 is 1.62. The molecule has 0 amide bonds. The third-order valence-corrected chi connectivity index (χ3v) is 4.74. The topological polar surface area (TPSA) is 64.3 Å². The van der Waals surface area contributed by atoms with Gasteiger partial charge in [-0.15, -0.1) is 10.2 Å². The van der Waals surface area contributed by atoms with Gasteiger partial charge in [0.1, 0.15) is 11.6 Å². The highest BCUT2D eigenvalue weighted by Gasteiger charge is 2.25. The molecule has 7 heteroatoms. The fourth-order valence-electron chi connectivity index (χ4n) is 2.59. The fourth-order valence-corrected chi connectivity index (χ4v) is 3.53. The number of hydrogen-bond donors (Lipinski definition) is 1. The molecule has 2 unspecified atom stereocenters. The summed E-state index contributed by atoms with van der Waals surface area (Å²) in [4.78, 5) is 0.850. The third-order valence-electron chi connectivity index (χ3n) is 3.73. The van der Waals surface area contributed by atoms with E-state index in [1.54, 1.807) is 23.0 Å². The molecule has 0 spiro atoms. The molecule has 1 N–H and O–H groups in total. The molecule has 3 heterocycles. The van der Waals surface area contributed by atoms with Crippen molar-refractivity contribution in [2.75, 3.05) is 13.7 Å². The van der Waals surface area contributed by atoms with Crippen LogP contribution in [0.5, 0.6) is 0 Å². The summed E-state index contributed by atoms with van der Waals surface area (Å²) in [6.07, 6.45) is 3.68. The average Bonchev–Trinajstić information content (AvgIpc) is 3.01. The highest BCUT2D eigenvalue weighted by molar-refractivity contribution is 7.16. The lowest BCUT2D eigenvalue weighted by Gasteiger charge is -2.28. The quantitative estimate of drug-likeness (QED) is 0.925. The van der Waals surface area contributed by atoms with Crippen LogP contribution in [0, 0.1) is 5.92 Å². The standard InChI is InChI=1S/C12H19N5OS/c1-3-8-4-5-13-9(6-8)11-16-17-10(7-18-2)14-15-12(17)19-11/h8-9,13H,3-7H2,1-2H3. The molecular weight excluding hydrogens is 262 g/mol. The Morgan fingerprint density at radius 2 is 2.37 bits per heavy atom. The van der Waals surface area contributed by atoms with Gasteiger partial charge >= 0.3 is 0 Å². The van der Waals surface area contributed by atoms with Crippen LogP contribution in [0.3, 0.4) is 0 Å². The third kappa shape index (κ3) is 2.50. The summed E-state index contributed by atoms with van der Waals surface area (Å²) in [7, 11) is 1.66. The molecule has 0 radical (unpaired) electrons. The Hall–Kier alpha value is -1.05. The molecule has 3 rings (SSSR count). The zero-order valence-corrected chi connectivity index (χ0v) is 12.1. The van der Waals surface area contributed by atoms with Crippen LogP contribution in [-0.4, -0.2) is 33.5 Å². The van der Waals surface area contributed by atoms with Crippen LogP contribution in [0.25, 0.3) is 4.96 Å². The molecule has 2 atom stereocenters. The predicted molar refractivity (Wildman–Crippen MR) is 73.1 cm³/mol. The van der Waals surface area contributed by atoms with Gasteiger partial charge in [0.05, 0.1) is 6.04 Å². The van der Waals surface area contributed by atoms with Gasteiger partial charge in [-0.05, 0) is 25.3 Å². The van der Waals surface area contributed by atoms with E-state index in [4.69, 9.17) is 4.74 Å². The number of ether oxygens (including phenoxy) is 1. The lowest BCUT2D eigenvalue weighted by atomic mass is 9.91. The van der Waals surface area contributed by atoms with E-state index in [2.05, 4.69) is 27.5 Å². The van der Waals surface area contributed by atoms with Crippen molar-refractivity contribution in [3.63, 3.8) is 0 Å². The van der Waals surface area contributed by atoms with Gasteiger partial charge in [-0.1, -0.05) is 24.7 Å². The van der Waals surface area contributed by atoms with E-state index in [1.807, 2.05) is 0 Å². The van der Waals surface area contributed by atoms with Crippen molar-refractivity contribution in [3.8, 4) is 0 Å². The molecule has 1 saturated heterocycles. The number of aromatic nitrogens is 4. The van der Waals surface area contributed by atoms with Crippen LogP contribution >= 0.6 is 11.3 Å². The first-order valence-electron chi connectivity index (χ1n) is 6.75. The summed E-state index contributed by atoms with van der Waals surface area (Å²) in [5.74, 6) is 1.57. The van der Waals surface area contributed by atoms with E-state index in [0.29, 0.717) is 12.6 Å². The first-order valence-corrected chi connectivity index (χ1v) is 7.56. The first-order chi connectivity index (χ1) is 9.31. The molecule has 2 aromatic rings. The van der Waals surface area contributed by atoms with Crippen molar-refractivity contribution in [3.05, 3.63) is 10.8 Å². The van der Waals surface area contributed by atoms with Crippen LogP contribution in [0.1, 0.15) is 43.1 Å². The molecule has 1 aliphatic rings. The molecule has 0 bridgehead atoms. The minimum Gasteiger partial charge on any atom is -0.377 e. The smallest absolute Gasteiger partial charge is 0.234 e. The van der Waals surface area contributed by atoms with Gasteiger partial charge in [0.2, 0.25) is 4.96 Å². The van der Waals surface area contributed by atoms with Gasteiger partial charge in [-0.2, -0.15) is 9.61 Å². The highest BCUT2D eigenvalue weighted by Crippen LogP contribution is 2.31. The average molecular weight is 281 g/mol. The molecule has 104 valence electrons. The number of rotatable bonds is 4. The molecule has 0 saturated carbocycles. The molecule has 0 aliphatic carbocycles. The Morgan fingerprint density at radius 3 is 3.16 bits per heavy atom. The molecule has 19 heavy (non-hydrogen) atoms. The number of nitrogens with zero attached hydrogens (tertiary/aromatic N) is 4. The fraction of sp³-hybridized carbons (Fsp3) is 0.750. The van der Waals surface area contributed by atoms with Crippen LogP contribution in [0.15, 0.2) is 0 Å². The van der Waals surface area contributed by atoms with Crippen LogP contribution in [0.2, 0.25) is 0 Å². The first kappa shape index (κ1) is 13.0. The Morgan fingerprint density at radius 1 is 1.47 bits per heavy atom. The van der Waals surface area contributed by atoms with Crippen LogP contribution in [0.4, 0.5) is 0 Å². The Labute approximate surface area is 116 Å². The van der Waals surface area contributed by atoms with Gasteiger partial charge in [0.15, 0.2) is 5.82 Å². The minimum atomic E-state index is 0.362. The van der Waals surface area contributed by atoms with E-state index in [0.717, 1.165) is 28.3 Å². The number of fused-ring (bicyclic) bond motifs is 1. The molecule has 1 fully saturated rings. The van der Waals surface area contributed by atoms with E-state index < -0.39 is 0 Å². The summed E-state index contributed by atoms with van der Waals surface area (Å²) < 4.78 is 6.92. The van der Waals surface area contributed by atoms with Crippen molar-refractivity contribution in [2.45, 2.75) is 38.8 Å². The van der Waals surface area contributed by atoms with E-state index >= 15 is 0 Å². The maximum Gasteiger partial charge on any atom is 0.234 e. The minimum absolute atomic E-state index is 0.362. The second-order valence-corrected chi connectivity index (χ2v) is 5.98. The highest BCUT2D eigenvalue weighted by atomic mass is 32.1. The molecule has 2 aromatic heterocycles. The van der Waals surface area contributed by atoms with E-state index in [9.17, 15) is 0 Å². The molecule has 6 nitrogen and oxygen atoms in total. The summed E-state index contributed by atoms with van der Waals surface area (Å²) in [6, 6.07) is 0.362. The maximum atomic E-state index is 5.11. The largest absolute Gasteiger partial charge is 0.377 e. The normalized spacial score (nSPS) is 24.1. The van der Waals surface area contributed by atoms with Crippen LogP contribution in [-0.2, 0) is 11.3 Å². The van der Waals surface area contributed by atoms with Gasteiger partial charge in [0, 0.05) is 7.11 Å². The lowest BCUT2D eigenvalue weighted by Crippen LogP contribution is -2.31. The van der Waals surface area contributed by atoms with Gasteiger partial charge < -0.3 is 10.1 Å². The summed E-state index contributed by atoms with van der Waals surface area (Å²) in [6.45, 7) is 3.79. The zero-order chi connectivity index (χ0) is 13.2. The molecule has 0 aromatic carbocycles. The van der Waals surface area contributed by atoms with Gasteiger partial charge in [-0.25, -0.2) is 0 Å². The van der Waals surface area contributed by atoms with Crippen molar-refractivity contribution in [2.24, 2.45) is 5.92 Å². The Bertz CT molecular complexity index is 551. The van der Waals surface area contributed by atoms with Gasteiger partial charge in [0.25, 0.3) is 0 Å². The number of piperidine rings is 1. The number of hydrogen-bond acceptors (Lipinski definition) is 6. The van der Waals surface area contributed by atoms with E-state index in [1.165, 1.54) is 19.3 Å². The second-order valence-electron chi connectivity index (χ2n) is 4.99. The van der Waals surface area contributed by atoms with E-state index in [-0.39, 0.29) is 0 Å². The summed E-state index contributed by atoms with van der Waals surface area (Å²) in [5.41, 5.74) is 0. The molecular formula is C12H19N5OS. The SMILES string of the molecule is CCC1CCNC(c2nn3c(COC)nnc3s2)C1. The van der Waals surface area contributed by atoms with Crippen molar-refractivity contribution < 1.29 is 4.74 Å². The maximum absolute atomic E-state index is 5.11. The van der Waals surface area contributed by atoms with Crippen molar-refractivity contribution >= 4 is 16.3 Å². The summed E-state index contributed by atoms with van der Waals surface area (Å²) in [5, 5.41) is 17.6. The lowest BCUT2D eigenvalue weighted by molar-refractivity contribution is 0.176. The predicted octanol–water partition coefficient (Wildman–Crippen LogP) is 1.78. The van der Waals surface area contributed by atoms with Crippen molar-refractivity contribution in [1.82, 2.24) is 25.1 Å². The monoisotopic (exact) mass is 281 g/mol.